The summed E-state index contributed by atoms with van der Waals surface area (Å²) in [6.07, 6.45) is 2.64. The van der Waals surface area contributed by atoms with Crippen LogP contribution in [-0.2, 0) is 30.7 Å². The lowest BCUT2D eigenvalue weighted by atomic mass is 10.1. The Hall–Kier alpha value is -2.63. The van der Waals surface area contributed by atoms with Crippen molar-refractivity contribution in [2.45, 2.75) is 52.2 Å². The van der Waals surface area contributed by atoms with Gasteiger partial charge in [0.1, 0.15) is 18.2 Å². The number of aromatic nitrogens is 4. The highest BCUT2D eigenvalue weighted by molar-refractivity contribution is 5.84. The molecule has 1 aromatic carbocycles. The highest BCUT2D eigenvalue weighted by Crippen LogP contribution is 2.19. The molecule has 0 spiro atoms. The van der Waals surface area contributed by atoms with Crippen molar-refractivity contribution in [3.63, 3.8) is 0 Å². The molecule has 1 atom stereocenters. The quantitative estimate of drug-likeness (QED) is 0.794. The number of aryl methyl sites for hydroxylation is 3. The molecular formula is C19H23N5O. The predicted octanol–water partition coefficient (Wildman–Crippen LogP) is 2.23. The second kappa shape index (κ2) is 6.35. The van der Waals surface area contributed by atoms with Gasteiger partial charge in [-0.3, -0.25) is 4.79 Å². The van der Waals surface area contributed by atoms with Crippen molar-refractivity contribution in [2.24, 2.45) is 0 Å². The molecule has 3 heterocycles. The second-order valence-electron chi connectivity index (χ2n) is 6.73. The van der Waals surface area contributed by atoms with E-state index in [1.165, 1.54) is 5.39 Å². The Morgan fingerprint density at radius 1 is 1.32 bits per heavy atom. The summed E-state index contributed by atoms with van der Waals surface area (Å²) >= 11 is 0. The molecule has 6 nitrogen and oxygen atoms in total. The first-order valence-corrected chi connectivity index (χ1v) is 8.91. The van der Waals surface area contributed by atoms with E-state index >= 15 is 0 Å². The Morgan fingerprint density at radius 3 is 3.00 bits per heavy atom. The number of carbonyl (C=O) groups excluding carboxylic acids is 1. The van der Waals surface area contributed by atoms with Gasteiger partial charge in [0.05, 0.1) is 0 Å². The van der Waals surface area contributed by atoms with Crippen LogP contribution in [0.15, 0.2) is 30.3 Å². The van der Waals surface area contributed by atoms with E-state index in [2.05, 4.69) is 49.8 Å². The number of amides is 1. The first-order chi connectivity index (χ1) is 12.2. The number of benzene rings is 1. The molecule has 25 heavy (non-hydrogen) atoms. The zero-order valence-corrected chi connectivity index (χ0v) is 14.7. The zero-order valence-electron chi connectivity index (χ0n) is 14.7. The summed E-state index contributed by atoms with van der Waals surface area (Å²) in [5.41, 5.74) is 2.21. The van der Waals surface area contributed by atoms with Crippen LogP contribution in [0.4, 0.5) is 0 Å². The molecule has 3 aromatic rings. The number of hydrogen-bond donors (Lipinski definition) is 1. The van der Waals surface area contributed by atoms with E-state index in [4.69, 9.17) is 0 Å². The van der Waals surface area contributed by atoms with Gasteiger partial charge >= 0.3 is 0 Å². The minimum atomic E-state index is 0.0593. The van der Waals surface area contributed by atoms with Gasteiger partial charge in [0.25, 0.3) is 0 Å². The zero-order chi connectivity index (χ0) is 17.4. The molecule has 0 radical (unpaired) electrons. The maximum atomic E-state index is 12.6. The van der Waals surface area contributed by atoms with Gasteiger partial charge in [0.15, 0.2) is 0 Å². The summed E-state index contributed by atoms with van der Waals surface area (Å²) in [6.45, 7) is 5.25. The van der Waals surface area contributed by atoms with E-state index in [0.29, 0.717) is 6.54 Å². The number of fused-ring (bicyclic) bond motifs is 2. The van der Waals surface area contributed by atoms with Crippen molar-refractivity contribution in [3.8, 4) is 0 Å². The minimum Gasteiger partial charge on any atom is -0.350 e. The van der Waals surface area contributed by atoms with E-state index in [-0.39, 0.29) is 11.9 Å². The summed E-state index contributed by atoms with van der Waals surface area (Å²) < 4.78 is 4.24. The van der Waals surface area contributed by atoms with Crippen LogP contribution in [0.5, 0.6) is 0 Å². The smallest absolute Gasteiger partial charge is 0.240 e. The van der Waals surface area contributed by atoms with Crippen LogP contribution in [0, 0.1) is 6.92 Å². The standard InChI is InChI=1S/C19H23N5O/c1-3-17-21-22-18-9-8-15(11-24(17)18)20-19(25)12-23-13(2)10-14-6-4-5-7-16(14)23/h4-7,10,15H,3,8-9,11-12H2,1-2H3,(H,20,25)/t15-/m0/s1. The van der Waals surface area contributed by atoms with Crippen LogP contribution < -0.4 is 5.32 Å². The van der Waals surface area contributed by atoms with Gasteiger partial charge in [-0.2, -0.15) is 0 Å². The molecule has 1 amide bonds. The van der Waals surface area contributed by atoms with Crippen molar-refractivity contribution in [2.75, 3.05) is 0 Å². The third kappa shape index (κ3) is 2.92. The fourth-order valence-electron chi connectivity index (χ4n) is 3.74. The summed E-state index contributed by atoms with van der Waals surface area (Å²) in [6, 6.07) is 10.4. The van der Waals surface area contributed by atoms with Crippen molar-refractivity contribution in [1.82, 2.24) is 24.6 Å². The van der Waals surface area contributed by atoms with Crippen LogP contribution in [0.1, 0.15) is 30.7 Å². The number of para-hydroxylation sites is 1. The predicted molar refractivity (Wildman–Crippen MR) is 96.3 cm³/mol. The fourth-order valence-corrected chi connectivity index (χ4v) is 3.74. The van der Waals surface area contributed by atoms with Gasteiger partial charge in [-0.15, -0.1) is 10.2 Å². The Bertz CT molecular complexity index is 910. The summed E-state index contributed by atoms with van der Waals surface area (Å²) in [5.74, 6) is 2.10. The summed E-state index contributed by atoms with van der Waals surface area (Å²) in [5, 5.41) is 12.8. The average molecular weight is 337 g/mol. The van der Waals surface area contributed by atoms with Crippen LogP contribution in [0.3, 0.4) is 0 Å². The topological polar surface area (TPSA) is 64.7 Å². The molecular weight excluding hydrogens is 314 g/mol. The highest BCUT2D eigenvalue weighted by atomic mass is 16.2. The molecule has 1 aliphatic rings. The van der Waals surface area contributed by atoms with Crippen molar-refractivity contribution in [1.29, 1.82) is 0 Å². The van der Waals surface area contributed by atoms with Gasteiger partial charge in [-0.05, 0) is 30.9 Å². The molecule has 0 fully saturated rings. The van der Waals surface area contributed by atoms with E-state index in [1.807, 2.05) is 19.1 Å². The number of nitrogens with zero attached hydrogens (tertiary/aromatic N) is 4. The van der Waals surface area contributed by atoms with E-state index in [1.54, 1.807) is 0 Å². The number of rotatable bonds is 4. The molecule has 0 unspecified atom stereocenters. The van der Waals surface area contributed by atoms with Gasteiger partial charge in [-0.1, -0.05) is 25.1 Å². The third-order valence-corrected chi connectivity index (χ3v) is 5.02. The molecule has 0 saturated heterocycles. The molecule has 0 saturated carbocycles. The lowest BCUT2D eigenvalue weighted by Gasteiger charge is -2.25. The molecule has 130 valence electrons. The second-order valence-corrected chi connectivity index (χ2v) is 6.73. The Kier molecular flexibility index (Phi) is 4.03. The Balaban J connectivity index is 1.47. The highest BCUT2D eigenvalue weighted by Gasteiger charge is 2.23. The Morgan fingerprint density at radius 2 is 2.16 bits per heavy atom. The number of nitrogens with one attached hydrogen (secondary N) is 1. The first kappa shape index (κ1) is 15.9. The number of carbonyl (C=O) groups is 1. The van der Waals surface area contributed by atoms with Crippen LogP contribution >= 0.6 is 0 Å². The molecule has 4 rings (SSSR count). The van der Waals surface area contributed by atoms with Crippen molar-refractivity contribution >= 4 is 16.8 Å². The molecule has 0 bridgehead atoms. The van der Waals surface area contributed by atoms with Crippen molar-refractivity contribution in [3.05, 3.63) is 47.7 Å². The summed E-state index contributed by atoms with van der Waals surface area (Å²) in [4.78, 5) is 12.6. The SMILES string of the molecule is CCc1nnc2n1C[C@@H](NC(=O)Cn1c(C)cc3ccccc31)CC2. The van der Waals surface area contributed by atoms with Crippen LogP contribution in [0.2, 0.25) is 0 Å². The average Bonchev–Trinajstić information content (AvgIpc) is 3.15. The third-order valence-electron chi connectivity index (χ3n) is 5.02. The van der Waals surface area contributed by atoms with Gasteiger partial charge < -0.3 is 14.5 Å². The molecule has 6 heteroatoms. The van der Waals surface area contributed by atoms with Gasteiger partial charge in [0, 0.05) is 36.6 Å². The lowest BCUT2D eigenvalue weighted by Crippen LogP contribution is -2.42. The van der Waals surface area contributed by atoms with E-state index < -0.39 is 0 Å². The van der Waals surface area contributed by atoms with Crippen molar-refractivity contribution < 1.29 is 4.79 Å². The maximum absolute atomic E-state index is 12.6. The normalized spacial score (nSPS) is 16.8. The fraction of sp³-hybridized carbons (Fsp3) is 0.421. The van der Waals surface area contributed by atoms with Crippen LogP contribution in [-0.4, -0.2) is 31.3 Å². The van der Waals surface area contributed by atoms with E-state index in [9.17, 15) is 4.79 Å². The molecule has 1 N–H and O–H groups in total. The Labute approximate surface area is 146 Å². The van der Waals surface area contributed by atoms with Gasteiger partial charge in [-0.25, -0.2) is 0 Å². The first-order valence-electron chi connectivity index (χ1n) is 8.91. The largest absolute Gasteiger partial charge is 0.350 e. The molecule has 1 aliphatic heterocycles. The minimum absolute atomic E-state index is 0.0593. The monoisotopic (exact) mass is 337 g/mol. The lowest BCUT2D eigenvalue weighted by molar-refractivity contribution is -0.122. The number of hydrogen-bond acceptors (Lipinski definition) is 3. The maximum Gasteiger partial charge on any atom is 0.240 e. The van der Waals surface area contributed by atoms with Gasteiger partial charge in [0.2, 0.25) is 5.91 Å². The van der Waals surface area contributed by atoms with E-state index in [0.717, 1.165) is 48.7 Å². The molecule has 0 aliphatic carbocycles. The molecule has 2 aromatic heterocycles. The summed E-state index contributed by atoms with van der Waals surface area (Å²) in [7, 11) is 0. The van der Waals surface area contributed by atoms with Crippen LogP contribution in [0.25, 0.3) is 10.9 Å².